The van der Waals surface area contributed by atoms with E-state index in [0.29, 0.717) is 31.9 Å². The second-order valence-electron chi connectivity index (χ2n) is 9.22. The zero-order chi connectivity index (χ0) is 23.5. The Kier molecular flexibility index (Phi) is 6.72. The molecule has 3 amide bonds. The number of likely N-dealkylation sites (tertiary alicyclic amines) is 1. The minimum absolute atomic E-state index is 0.0194. The Morgan fingerprint density at radius 3 is 2.55 bits per heavy atom. The molecule has 2 bridgehead atoms. The minimum atomic E-state index is -0.666. The van der Waals surface area contributed by atoms with Crippen LogP contribution >= 0.6 is 0 Å². The number of urea groups is 1. The van der Waals surface area contributed by atoms with Crippen LogP contribution in [0.15, 0.2) is 47.3 Å². The van der Waals surface area contributed by atoms with Gasteiger partial charge in [0, 0.05) is 43.0 Å². The van der Waals surface area contributed by atoms with Gasteiger partial charge in [0.15, 0.2) is 0 Å². The highest BCUT2D eigenvalue weighted by molar-refractivity contribution is 5.97. The van der Waals surface area contributed by atoms with E-state index >= 15 is 0 Å². The number of ether oxygens (including phenoxy) is 1. The quantitative estimate of drug-likeness (QED) is 0.705. The number of aromatic nitrogens is 1. The summed E-state index contributed by atoms with van der Waals surface area (Å²) in [5.74, 6) is 0.769. The van der Waals surface area contributed by atoms with E-state index in [2.05, 4.69) is 10.6 Å². The maximum absolute atomic E-state index is 13.1. The molecular weight excluding hydrogens is 420 g/mol. The fourth-order valence-corrected chi connectivity index (χ4v) is 4.84. The Hall–Kier alpha value is -3.29. The summed E-state index contributed by atoms with van der Waals surface area (Å²) in [5, 5.41) is 5.84. The van der Waals surface area contributed by atoms with Crippen molar-refractivity contribution in [2.24, 2.45) is 11.8 Å². The molecule has 0 saturated carbocycles. The zero-order valence-corrected chi connectivity index (χ0v) is 19.4. The Morgan fingerprint density at radius 1 is 1.09 bits per heavy atom. The van der Waals surface area contributed by atoms with Crippen LogP contribution in [0, 0.1) is 11.8 Å². The number of fused-ring (bicyclic) bond motifs is 4. The second kappa shape index (κ2) is 9.68. The molecule has 2 N–H and O–H groups in total. The van der Waals surface area contributed by atoms with Crippen LogP contribution in [0.4, 0.5) is 10.5 Å². The number of pyridine rings is 1. The summed E-state index contributed by atoms with van der Waals surface area (Å²) in [7, 11) is 0. The summed E-state index contributed by atoms with van der Waals surface area (Å²) in [5.41, 5.74) is 1.66. The third kappa shape index (κ3) is 5.05. The van der Waals surface area contributed by atoms with Gasteiger partial charge in [-0.15, -0.1) is 0 Å². The number of carbonyl (C=O) groups excluding carboxylic acids is 2. The summed E-state index contributed by atoms with van der Waals surface area (Å²) in [4.78, 5) is 40.1. The molecule has 0 radical (unpaired) electrons. The number of piperidine rings is 1. The van der Waals surface area contributed by atoms with E-state index in [1.54, 1.807) is 41.3 Å². The Morgan fingerprint density at radius 2 is 1.85 bits per heavy atom. The molecule has 8 nitrogen and oxygen atoms in total. The largest absolute Gasteiger partial charge is 0.494 e. The van der Waals surface area contributed by atoms with Gasteiger partial charge in [-0.05, 0) is 55.5 Å². The topological polar surface area (TPSA) is 92.7 Å². The van der Waals surface area contributed by atoms with Gasteiger partial charge in [0.1, 0.15) is 11.8 Å². The fraction of sp³-hybridized carbons (Fsp3) is 0.480. The normalized spacial score (nSPS) is 20.1. The molecule has 3 unspecified atom stereocenters. The first-order chi connectivity index (χ1) is 15.9. The minimum Gasteiger partial charge on any atom is -0.494 e. The van der Waals surface area contributed by atoms with E-state index in [-0.39, 0.29) is 35.3 Å². The zero-order valence-electron chi connectivity index (χ0n) is 19.4. The van der Waals surface area contributed by atoms with Crippen LogP contribution in [0.5, 0.6) is 5.75 Å². The molecule has 1 aromatic carbocycles. The van der Waals surface area contributed by atoms with Crippen molar-refractivity contribution >= 4 is 17.6 Å². The number of hydrogen-bond acceptors (Lipinski definition) is 4. The molecule has 0 spiro atoms. The van der Waals surface area contributed by atoms with Gasteiger partial charge in [-0.3, -0.25) is 9.59 Å². The van der Waals surface area contributed by atoms with Crippen LogP contribution in [-0.2, 0) is 11.3 Å². The Bertz CT molecular complexity index is 1060. The summed E-state index contributed by atoms with van der Waals surface area (Å²) in [6, 6.07) is 11.6. The Labute approximate surface area is 193 Å². The first-order valence-corrected chi connectivity index (χ1v) is 11.6. The number of amides is 3. The molecule has 2 aliphatic heterocycles. The number of benzene rings is 1. The summed E-state index contributed by atoms with van der Waals surface area (Å²) >= 11 is 0. The molecule has 8 heteroatoms. The SMILES string of the molecule is CCOc1ccc(NC(=O)C(NC(=O)N2CC3CC(C2)c2cccc(=O)n2C3)C(C)C)cc1. The highest BCUT2D eigenvalue weighted by Crippen LogP contribution is 2.35. The number of hydrogen-bond donors (Lipinski definition) is 2. The standard InChI is InChI=1S/C25H32N4O4/c1-4-33-20-10-8-19(9-11-20)26-24(31)23(16(2)3)27-25(32)28-13-17-12-18(15-28)21-6-5-7-22(30)29(21)14-17/h5-11,16-18,23H,4,12-15H2,1-3H3,(H,26,31)(H,27,32). The van der Waals surface area contributed by atoms with E-state index in [0.717, 1.165) is 17.9 Å². The van der Waals surface area contributed by atoms with Gasteiger partial charge in [0.25, 0.3) is 5.56 Å². The predicted octanol–water partition coefficient (Wildman–Crippen LogP) is 3.04. The van der Waals surface area contributed by atoms with E-state index in [1.165, 1.54) is 0 Å². The van der Waals surface area contributed by atoms with Gasteiger partial charge in [0.05, 0.1) is 6.61 Å². The van der Waals surface area contributed by atoms with Crippen molar-refractivity contribution in [2.75, 3.05) is 25.0 Å². The van der Waals surface area contributed by atoms with Crippen LogP contribution in [0.1, 0.15) is 38.8 Å². The molecule has 2 aliphatic rings. The number of rotatable bonds is 6. The third-order valence-corrected chi connectivity index (χ3v) is 6.43. The van der Waals surface area contributed by atoms with Crippen LogP contribution in [0.25, 0.3) is 0 Å². The summed E-state index contributed by atoms with van der Waals surface area (Å²) in [6.07, 6.45) is 0.971. The van der Waals surface area contributed by atoms with Crippen molar-refractivity contribution in [1.82, 2.24) is 14.8 Å². The van der Waals surface area contributed by atoms with Crippen molar-refractivity contribution in [3.8, 4) is 5.75 Å². The molecule has 33 heavy (non-hydrogen) atoms. The smallest absolute Gasteiger partial charge is 0.318 e. The highest BCUT2D eigenvalue weighted by Gasteiger charge is 2.37. The monoisotopic (exact) mass is 452 g/mol. The number of anilines is 1. The molecule has 176 valence electrons. The lowest BCUT2D eigenvalue weighted by atomic mass is 9.83. The number of carbonyl (C=O) groups is 2. The lowest BCUT2D eigenvalue weighted by Crippen LogP contribution is -2.56. The number of nitrogens with one attached hydrogen (secondary N) is 2. The van der Waals surface area contributed by atoms with Gasteiger partial charge in [-0.25, -0.2) is 4.79 Å². The van der Waals surface area contributed by atoms with Crippen molar-refractivity contribution in [3.05, 3.63) is 58.5 Å². The van der Waals surface area contributed by atoms with Crippen molar-refractivity contribution in [2.45, 2.75) is 45.7 Å². The first-order valence-electron chi connectivity index (χ1n) is 11.6. The van der Waals surface area contributed by atoms with E-state index < -0.39 is 6.04 Å². The maximum Gasteiger partial charge on any atom is 0.318 e. The van der Waals surface area contributed by atoms with E-state index in [1.807, 2.05) is 31.4 Å². The molecule has 3 heterocycles. The molecule has 4 rings (SSSR count). The van der Waals surface area contributed by atoms with Crippen molar-refractivity contribution < 1.29 is 14.3 Å². The molecule has 2 aromatic rings. The molecule has 0 aliphatic carbocycles. The molecule has 3 atom stereocenters. The van der Waals surface area contributed by atoms with Gasteiger partial charge >= 0.3 is 6.03 Å². The molecule has 1 saturated heterocycles. The second-order valence-corrected chi connectivity index (χ2v) is 9.22. The molecule has 1 fully saturated rings. The van der Waals surface area contributed by atoms with Gasteiger partial charge in [-0.1, -0.05) is 19.9 Å². The molecular formula is C25H32N4O4. The maximum atomic E-state index is 13.1. The average molecular weight is 453 g/mol. The first kappa shape index (κ1) is 22.9. The van der Waals surface area contributed by atoms with Gasteiger partial charge < -0.3 is 24.8 Å². The van der Waals surface area contributed by atoms with E-state index in [4.69, 9.17) is 4.74 Å². The van der Waals surface area contributed by atoms with Crippen LogP contribution < -0.4 is 20.9 Å². The summed E-state index contributed by atoms with van der Waals surface area (Å²) in [6.45, 7) is 8.06. The average Bonchev–Trinajstić information content (AvgIpc) is 2.79. The molecule has 1 aromatic heterocycles. The fourth-order valence-electron chi connectivity index (χ4n) is 4.84. The third-order valence-electron chi connectivity index (χ3n) is 6.43. The van der Waals surface area contributed by atoms with Crippen molar-refractivity contribution in [3.63, 3.8) is 0 Å². The highest BCUT2D eigenvalue weighted by atomic mass is 16.5. The van der Waals surface area contributed by atoms with Crippen molar-refractivity contribution in [1.29, 1.82) is 0 Å². The predicted molar refractivity (Wildman–Crippen MR) is 127 cm³/mol. The lowest BCUT2D eigenvalue weighted by Gasteiger charge is -2.43. The lowest BCUT2D eigenvalue weighted by molar-refractivity contribution is -0.118. The van der Waals surface area contributed by atoms with Gasteiger partial charge in [-0.2, -0.15) is 0 Å². The van der Waals surface area contributed by atoms with Crippen LogP contribution in [0.3, 0.4) is 0 Å². The van der Waals surface area contributed by atoms with E-state index in [9.17, 15) is 14.4 Å². The Balaban J connectivity index is 1.41. The summed E-state index contributed by atoms with van der Waals surface area (Å²) < 4.78 is 7.28. The van der Waals surface area contributed by atoms with Gasteiger partial charge in [0.2, 0.25) is 5.91 Å². The van der Waals surface area contributed by atoms with Crippen LogP contribution in [0.2, 0.25) is 0 Å². The van der Waals surface area contributed by atoms with Crippen LogP contribution in [-0.4, -0.2) is 47.1 Å². The number of nitrogens with zero attached hydrogens (tertiary/aromatic N) is 2.